The van der Waals surface area contributed by atoms with E-state index in [0.717, 1.165) is 11.3 Å². The first-order valence-corrected chi connectivity index (χ1v) is 10.4. The standard InChI is InChI=1S/C20H17ClN6O2S/c21-15-5-3-14(4-6-15)10-24-18(28)13-30-20-26-25-19(17-11-22-7-8-23-17)27(20)12-16-2-1-9-29-16/h1-9,11H,10,12-13H2,(H,24,28). The number of thioether (sulfide) groups is 1. The molecule has 3 aromatic heterocycles. The normalized spacial score (nSPS) is 10.8. The molecule has 4 rings (SSSR count). The van der Waals surface area contributed by atoms with Gasteiger partial charge in [0.1, 0.15) is 11.5 Å². The second-order valence-corrected chi connectivity index (χ2v) is 7.63. The number of amides is 1. The number of furan rings is 1. The number of nitrogens with one attached hydrogen (secondary N) is 1. The minimum Gasteiger partial charge on any atom is -0.467 e. The number of hydrogen-bond donors (Lipinski definition) is 1. The van der Waals surface area contributed by atoms with Crippen LogP contribution >= 0.6 is 23.4 Å². The Bertz CT molecular complexity index is 1100. The first kappa shape index (κ1) is 20.1. The monoisotopic (exact) mass is 440 g/mol. The number of carbonyl (C=O) groups excluding carboxylic acids is 1. The van der Waals surface area contributed by atoms with Crippen LogP contribution in [0.5, 0.6) is 0 Å². The van der Waals surface area contributed by atoms with Crippen LogP contribution in [-0.2, 0) is 17.9 Å². The van der Waals surface area contributed by atoms with Crippen LogP contribution in [-0.4, -0.2) is 36.4 Å². The number of hydrogen-bond acceptors (Lipinski definition) is 7. The maximum absolute atomic E-state index is 12.3. The molecule has 152 valence electrons. The summed E-state index contributed by atoms with van der Waals surface area (Å²) in [5, 5.41) is 12.6. The third kappa shape index (κ3) is 5.05. The summed E-state index contributed by atoms with van der Waals surface area (Å²) in [4.78, 5) is 20.7. The summed E-state index contributed by atoms with van der Waals surface area (Å²) in [6.07, 6.45) is 6.42. The van der Waals surface area contributed by atoms with Crippen molar-refractivity contribution in [3.63, 3.8) is 0 Å². The summed E-state index contributed by atoms with van der Waals surface area (Å²) >= 11 is 7.18. The van der Waals surface area contributed by atoms with Crippen LogP contribution in [0.1, 0.15) is 11.3 Å². The lowest BCUT2D eigenvalue weighted by Gasteiger charge is -2.09. The average molecular weight is 441 g/mol. The predicted molar refractivity (Wildman–Crippen MR) is 113 cm³/mol. The average Bonchev–Trinajstić information content (AvgIpc) is 3.43. The molecule has 0 aliphatic carbocycles. The van der Waals surface area contributed by atoms with E-state index in [2.05, 4.69) is 25.5 Å². The molecule has 0 aliphatic heterocycles. The molecule has 10 heteroatoms. The van der Waals surface area contributed by atoms with E-state index in [1.807, 2.05) is 28.8 Å². The second kappa shape index (κ2) is 9.55. The quantitative estimate of drug-likeness (QED) is 0.419. The van der Waals surface area contributed by atoms with E-state index in [1.54, 1.807) is 37.0 Å². The molecule has 0 radical (unpaired) electrons. The highest BCUT2D eigenvalue weighted by Crippen LogP contribution is 2.23. The molecular formula is C20H17ClN6O2S. The van der Waals surface area contributed by atoms with E-state index in [0.29, 0.717) is 34.8 Å². The molecular weight excluding hydrogens is 424 g/mol. The minimum absolute atomic E-state index is 0.108. The number of benzene rings is 1. The molecule has 0 unspecified atom stereocenters. The molecule has 1 aromatic carbocycles. The van der Waals surface area contributed by atoms with Crippen LogP contribution in [0.2, 0.25) is 5.02 Å². The van der Waals surface area contributed by atoms with Gasteiger partial charge in [0.2, 0.25) is 5.91 Å². The lowest BCUT2D eigenvalue weighted by atomic mass is 10.2. The van der Waals surface area contributed by atoms with E-state index in [1.165, 1.54) is 11.8 Å². The van der Waals surface area contributed by atoms with Gasteiger partial charge in [-0.15, -0.1) is 10.2 Å². The molecule has 30 heavy (non-hydrogen) atoms. The van der Waals surface area contributed by atoms with Crippen molar-refractivity contribution < 1.29 is 9.21 Å². The lowest BCUT2D eigenvalue weighted by Crippen LogP contribution is -2.24. The van der Waals surface area contributed by atoms with E-state index in [4.69, 9.17) is 16.0 Å². The van der Waals surface area contributed by atoms with Gasteiger partial charge in [0.25, 0.3) is 0 Å². The van der Waals surface area contributed by atoms with Gasteiger partial charge < -0.3 is 9.73 Å². The van der Waals surface area contributed by atoms with Crippen molar-refractivity contribution in [1.29, 1.82) is 0 Å². The summed E-state index contributed by atoms with van der Waals surface area (Å²) in [5.74, 6) is 1.39. The van der Waals surface area contributed by atoms with E-state index in [9.17, 15) is 4.79 Å². The highest BCUT2D eigenvalue weighted by atomic mass is 35.5. The number of carbonyl (C=O) groups is 1. The third-order valence-corrected chi connectivity index (χ3v) is 5.36. The Labute approximate surface area is 181 Å². The fourth-order valence-electron chi connectivity index (χ4n) is 2.68. The highest BCUT2D eigenvalue weighted by molar-refractivity contribution is 7.99. The largest absolute Gasteiger partial charge is 0.467 e. The third-order valence-electron chi connectivity index (χ3n) is 4.14. The van der Waals surface area contributed by atoms with Crippen molar-refractivity contribution in [2.45, 2.75) is 18.2 Å². The number of halogens is 1. The molecule has 0 fully saturated rings. The second-order valence-electron chi connectivity index (χ2n) is 6.25. The summed E-state index contributed by atoms with van der Waals surface area (Å²) in [6.45, 7) is 0.848. The smallest absolute Gasteiger partial charge is 0.230 e. The van der Waals surface area contributed by atoms with Crippen LogP contribution in [0.4, 0.5) is 0 Å². The predicted octanol–water partition coefficient (Wildman–Crippen LogP) is 3.44. The molecule has 0 aliphatic rings. The first-order chi connectivity index (χ1) is 14.7. The zero-order valence-corrected chi connectivity index (χ0v) is 17.3. The Morgan fingerprint density at radius 3 is 2.77 bits per heavy atom. The van der Waals surface area contributed by atoms with E-state index >= 15 is 0 Å². The zero-order chi connectivity index (χ0) is 20.8. The Kier molecular flexibility index (Phi) is 6.41. The van der Waals surface area contributed by atoms with Gasteiger partial charge in [-0.1, -0.05) is 35.5 Å². The van der Waals surface area contributed by atoms with E-state index in [-0.39, 0.29) is 11.7 Å². The van der Waals surface area contributed by atoms with Crippen molar-refractivity contribution in [1.82, 2.24) is 30.0 Å². The topological polar surface area (TPSA) is 98.7 Å². The summed E-state index contributed by atoms with van der Waals surface area (Å²) in [6, 6.07) is 11.0. The van der Waals surface area contributed by atoms with E-state index < -0.39 is 0 Å². The zero-order valence-electron chi connectivity index (χ0n) is 15.7. The van der Waals surface area contributed by atoms with Crippen LogP contribution in [0.15, 0.2) is 70.8 Å². The summed E-state index contributed by atoms with van der Waals surface area (Å²) in [5.41, 5.74) is 1.57. The molecule has 0 saturated heterocycles. The molecule has 1 amide bonds. The Morgan fingerprint density at radius 1 is 1.17 bits per heavy atom. The van der Waals surface area contributed by atoms with Crippen molar-refractivity contribution in [3.05, 3.63) is 77.6 Å². The summed E-state index contributed by atoms with van der Waals surface area (Å²) < 4.78 is 7.32. The van der Waals surface area contributed by atoms with Gasteiger partial charge in [0.15, 0.2) is 11.0 Å². The Hall–Kier alpha value is -3.17. The van der Waals surface area contributed by atoms with Gasteiger partial charge >= 0.3 is 0 Å². The highest BCUT2D eigenvalue weighted by Gasteiger charge is 2.18. The van der Waals surface area contributed by atoms with Gasteiger partial charge in [-0.3, -0.25) is 14.3 Å². The van der Waals surface area contributed by atoms with Crippen LogP contribution in [0, 0.1) is 0 Å². The molecule has 4 aromatic rings. The molecule has 0 saturated carbocycles. The van der Waals surface area contributed by atoms with Crippen LogP contribution in [0.3, 0.4) is 0 Å². The Balaban J connectivity index is 1.44. The fraction of sp³-hybridized carbons (Fsp3) is 0.150. The minimum atomic E-state index is -0.108. The van der Waals surface area contributed by atoms with Crippen LogP contribution < -0.4 is 5.32 Å². The van der Waals surface area contributed by atoms with Crippen LogP contribution in [0.25, 0.3) is 11.5 Å². The molecule has 0 atom stereocenters. The number of rotatable bonds is 8. The molecule has 8 nitrogen and oxygen atoms in total. The van der Waals surface area contributed by atoms with Gasteiger partial charge in [0.05, 0.1) is 24.8 Å². The van der Waals surface area contributed by atoms with Gasteiger partial charge in [-0.2, -0.15) is 0 Å². The van der Waals surface area contributed by atoms with Gasteiger partial charge in [-0.05, 0) is 29.8 Å². The van der Waals surface area contributed by atoms with Crippen molar-refractivity contribution in [2.24, 2.45) is 0 Å². The first-order valence-electron chi connectivity index (χ1n) is 9.05. The van der Waals surface area contributed by atoms with Crippen molar-refractivity contribution >= 4 is 29.3 Å². The van der Waals surface area contributed by atoms with Crippen molar-refractivity contribution in [2.75, 3.05) is 5.75 Å². The lowest BCUT2D eigenvalue weighted by molar-refractivity contribution is -0.118. The molecule has 3 heterocycles. The summed E-state index contributed by atoms with van der Waals surface area (Å²) in [7, 11) is 0. The fourth-order valence-corrected chi connectivity index (χ4v) is 3.58. The number of aromatic nitrogens is 5. The maximum atomic E-state index is 12.3. The maximum Gasteiger partial charge on any atom is 0.230 e. The number of nitrogens with zero attached hydrogens (tertiary/aromatic N) is 5. The molecule has 0 bridgehead atoms. The van der Waals surface area contributed by atoms with Crippen molar-refractivity contribution in [3.8, 4) is 11.5 Å². The van der Waals surface area contributed by atoms with Gasteiger partial charge in [0, 0.05) is 24.0 Å². The Morgan fingerprint density at radius 2 is 2.03 bits per heavy atom. The molecule has 1 N–H and O–H groups in total. The van der Waals surface area contributed by atoms with Gasteiger partial charge in [-0.25, -0.2) is 4.98 Å². The SMILES string of the molecule is O=C(CSc1nnc(-c2cnccn2)n1Cc1ccco1)NCc1ccc(Cl)cc1. The molecule has 0 spiro atoms.